The molecule has 0 saturated heterocycles. The third-order valence-electron chi connectivity index (χ3n) is 3.22. The van der Waals surface area contributed by atoms with Crippen LogP contribution in [0.15, 0.2) is 46.3 Å². The number of anilines is 1. The molecule has 1 aromatic heterocycles. The maximum Gasteiger partial charge on any atom is 0.573 e. The van der Waals surface area contributed by atoms with E-state index in [2.05, 4.69) is 9.72 Å². The lowest BCUT2D eigenvalue weighted by atomic mass is 10.1. The van der Waals surface area contributed by atoms with E-state index in [1.807, 2.05) is 0 Å². The first kappa shape index (κ1) is 20.8. The van der Waals surface area contributed by atoms with E-state index in [0.717, 1.165) is 30.3 Å². The number of carbonyl (C=O) groups is 3. The van der Waals surface area contributed by atoms with E-state index in [1.165, 1.54) is 0 Å². The summed E-state index contributed by atoms with van der Waals surface area (Å²) in [5, 5.41) is 0. The molecule has 0 aliphatic rings. The Bertz CT molecular complexity index is 1070. The average molecular weight is 417 g/mol. The Morgan fingerprint density at radius 2 is 1.61 bits per heavy atom. The summed E-state index contributed by atoms with van der Waals surface area (Å²) in [5.41, 5.74) is 9.04. The third kappa shape index (κ3) is 4.43. The van der Waals surface area contributed by atoms with Gasteiger partial charge in [-0.3, -0.25) is 14.4 Å². The van der Waals surface area contributed by atoms with E-state index < -0.39 is 60.6 Å². The summed E-state index contributed by atoms with van der Waals surface area (Å²) in [5.74, 6) is -5.17. The maximum absolute atomic E-state index is 12.5. The third-order valence-corrected chi connectivity index (χ3v) is 4.95. The number of amides is 1. The van der Waals surface area contributed by atoms with Crippen LogP contribution in [0.5, 0.6) is 5.75 Å². The number of hydrogen-bond donors (Lipinski definition) is 2. The van der Waals surface area contributed by atoms with Crippen LogP contribution in [0, 0.1) is 0 Å². The monoisotopic (exact) mass is 417 g/mol. The van der Waals surface area contributed by atoms with Gasteiger partial charge in [0, 0.05) is 6.20 Å². The predicted octanol–water partition coefficient (Wildman–Crippen LogP) is 0.632. The number of halogens is 3. The summed E-state index contributed by atoms with van der Waals surface area (Å²) in [4.78, 5) is 36.4. The van der Waals surface area contributed by atoms with Crippen LogP contribution in [0.3, 0.4) is 0 Å². The van der Waals surface area contributed by atoms with Crippen LogP contribution in [0.1, 0.15) is 10.5 Å². The summed E-state index contributed by atoms with van der Waals surface area (Å²) in [6, 6.07) is 4.12. The van der Waals surface area contributed by atoms with Crippen LogP contribution < -0.4 is 16.2 Å². The fourth-order valence-corrected chi connectivity index (χ4v) is 3.21. The van der Waals surface area contributed by atoms with E-state index in [9.17, 15) is 36.0 Å². The molecule has 1 heterocycles. The zero-order valence-corrected chi connectivity index (χ0v) is 14.4. The fourth-order valence-electron chi connectivity index (χ4n) is 1.97. The van der Waals surface area contributed by atoms with Gasteiger partial charge in [0.05, 0.1) is 15.5 Å². The first-order chi connectivity index (χ1) is 12.8. The first-order valence-electron chi connectivity index (χ1n) is 7.08. The number of ketones is 2. The highest BCUT2D eigenvalue weighted by Gasteiger charge is 2.31. The normalized spacial score (nSPS) is 11.7. The SMILES string of the molecule is NC(=O)C(=O)C(=O)c1ncc(S(=O)(=O)c2ccc(OC(F)(F)F)cc2)cc1N. The number of benzene rings is 1. The molecule has 28 heavy (non-hydrogen) atoms. The second-order valence-corrected chi connectivity index (χ2v) is 7.10. The van der Waals surface area contributed by atoms with Crippen molar-refractivity contribution in [2.45, 2.75) is 16.2 Å². The molecule has 0 aliphatic heterocycles. The van der Waals surface area contributed by atoms with Crippen molar-refractivity contribution in [3.63, 3.8) is 0 Å². The second-order valence-electron chi connectivity index (χ2n) is 5.15. The lowest BCUT2D eigenvalue weighted by molar-refractivity contribution is -0.274. The molecule has 1 amide bonds. The standard InChI is InChI=1S/C15H10F3N3O6S/c16-15(17,18)27-7-1-3-8(4-2-7)28(25,26)9-5-10(19)11(21-6-9)12(22)13(23)14(20)24/h1-6H,19H2,(H2,20,24). The molecule has 4 N–H and O–H groups in total. The highest BCUT2D eigenvalue weighted by molar-refractivity contribution is 7.91. The average Bonchev–Trinajstić information content (AvgIpc) is 2.59. The summed E-state index contributed by atoms with van der Waals surface area (Å²) >= 11 is 0. The van der Waals surface area contributed by atoms with Gasteiger partial charge in [0.2, 0.25) is 9.84 Å². The number of aromatic nitrogens is 1. The predicted molar refractivity (Wildman–Crippen MR) is 85.8 cm³/mol. The molecule has 1 aromatic carbocycles. The molecule has 0 aliphatic carbocycles. The molecule has 0 radical (unpaired) electrons. The summed E-state index contributed by atoms with van der Waals surface area (Å²) in [6.45, 7) is 0. The van der Waals surface area contributed by atoms with Gasteiger partial charge in [-0.1, -0.05) is 0 Å². The van der Waals surface area contributed by atoms with Crippen molar-refractivity contribution < 1.29 is 40.7 Å². The van der Waals surface area contributed by atoms with Crippen molar-refractivity contribution in [2.75, 3.05) is 5.73 Å². The second kappa shape index (κ2) is 7.26. The van der Waals surface area contributed by atoms with Gasteiger partial charge < -0.3 is 16.2 Å². The minimum atomic E-state index is -4.94. The number of carbonyl (C=O) groups excluding carboxylic acids is 3. The summed E-state index contributed by atoms with van der Waals surface area (Å²) < 4.78 is 65.1. The highest BCUT2D eigenvalue weighted by Crippen LogP contribution is 2.27. The van der Waals surface area contributed by atoms with Crippen LogP contribution in [-0.4, -0.2) is 37.2 Å². The number of nitrogens with zero attached hydrogens (tertiary/aromatic N) is 1. The van der Waals surface area contributed by atoms with Crippen LogP contribution in [0.25, 0.3) is 0 Å². The van der Waals surface area contributed by atoms with Crippen LogP contribution in [0.2, 0.25) is 0 Å². The zero-order chi connectivity index (χ0) is 21.3. The first-order valence-corrected chi connectivity index (χ1v) is 8.56. The smallest absolute Gasteiger partial charge is 0.406 e. The molecule has 2 rings (SSSR count). The molecular weight excluding hydrogens is 407 g/mol. The van der Waals surface area contributed by atoms with Crippen LogP contribution >= 0.6 is 0 Å². The molecule has 0 saturated carbocycles. The van der Waals surface area contributed by atoms with Crippen molar-refractivity contribution >= 4 is 33.0 Å². The molecule has 9 nitrogen and oxygen atoms in total. The highest BCUT2D eigenvalue weighted by atomic mass is 32.2. The number of nitrogen functional groups attached to an aromatic ring is 1. The Morgan fingerprint density at radius 1 is 1.04 bits per heavy atom. The Balaban J connectivity index is 2.36. The molecule has 0 unspecified atom stereocenters. The van der Waals surface area contributed by atoms with E-state index in [1.54, 1.807) is 0 Å². The Kier molecular flexibility index (Phi) is 5.40. The molecule has 2 aromatic rings. The van der Waals surface area contributed by atoms with Gasteiger partial charge in [-0.05, 0) is 30.3 Å². The number of hydrogen-bond acceptors (Lipinski definition) is 8. The van der Waals surface area contributed by atoms with E-state index in [4.69, 9.17) is 11.5 Å². The van der Waals surface area contributed by atoms with Gasteiger partial charge in [0.15, 0.2) is 0 Å². The van der Waals surface area contributed by atoms with Crippen molar-refractivity contribution in [1.29, 1.82) is 0 Å². The summed E-state index contributed by atoms with van der Waals surface area (Å²) in [6.07, 6.45) is -4.24. The summed E-state index contributed by atoms with van der Waals surface area (Å²) in [7, 11) is -4.27. The molecular formula is C15H10F3N3O6S. The van der Waals surface area contributed by atoms with Crippen molar-refractivity contribution in [3.05, 3.63) is 42.2 Å². The minimum absolute atomic E-state index is 0.407. The minimum Gasteiger partial charge on any atom is -0.406 e. The van der Waals surface area contributed by atoms with Crippen molar-refractivity contribution in [2.24, 2.45) is 5.73 Å². The van der Waals surface area contributed by atoms with E-state index in [-0.39, 0.29) is 0 Å². The molecule has 0 atom stereocenters. The number of primary amides is 1. The number of ether oxygens (including phenoxy) is 1. The van der Waals surface area contributed by atoms with Crippen LogP contribution in [0.4, 0.5) is 18.9 Å². The van der Waals surface area contributed by atoms with Gasteiger partial charge in [0.25, 0.3) is 17.5 Å². The molecule has 0 fully saturated rings. The lowest BCUT2D eigenvalue weighted by Gasteiger charge is -2.10. The number of rotatable bonds is 6. The Hall–Kier alpha value is -3.48. The molecule has 148 valence electrons. The molecule has 0 bridgehead atoms. The van der Waals surface area contributed by atoms with Gasteiger partial charge in [-0.25, -0.2) is 13.4 Å². The number of pyridine rings is 1. The quantitative estimate of drug-likeness (QED) is 0.393. The van der Waals surface area contributed by atoms with Gasteiger partial charge in [0.1, 0.15) is 11.4 Å². The molecule has 13 heteroatoms. The van der Waals surface area contributed by atoms with Gasteiger partial charge in [-0.15, -0.1) is 13.2 Å². The number of Topliss-reactive ketones (excluding diaryl/α,β-unsaturated/α-hetero) is 2. The number of alkyl halides is 3. The van der Waals surface area contributed by atoms with Gasteiger partial charge in [-0.2, -0.15) is 0 Å². The Labute approximate surface area is 155 Å². The molecule has 0 spiro atoms. The fraction of sp³-hybridized carbons (Fsp3) is 0.0667. The van der Waals surface area contributed by atoms with Crippen LogP contribution in [-0.2, 0) is 19.4 Å². The topological polar surface area (TPSA) is 160 Å². The lowest BCUT2D eigenvalue weighted by Crippen LogP contribution is -2.31. The van der Waals surface area contributed by atoms with Crippen molar-refractivity contribution in [3.8, 4) is 5.75 Å². The van der Waals surface area contributed by atoms with Gasteiger partial charge >= 0.3 is 6.36 Å². The van der Waals surface area contributed by atoms with E-state index >= 15 is 0 Å². The Morgan fingerprint density at radius 3 is 2.07 bits per heavy atom. The van der Waals surface area contributed by atoms with E-state index in [0.29, 0.717) is 6.20 Å². The number of nitrogens with two attached hydrogens (primary N) is 2. The largest absolute Gasteiger partial charge is 0.573 e. The van der Waals surface area contributed by atoms with Crippen molar-refractivity contribution in [1.82, 2.24) is 4.98 Å². The maximum atomic E-state index is 12.5. The number of sulfone groups is 1. The zero-order valence-electron chi connectivity index (χ0n) is 13.6.